The highest BCUT2D eigenvalue weighted by atomic mass is 32.2. The summed E-state index contributed by atoms with van der Waals surface area (Å²) in [6.07, 6.45) is 4.77. The lowest BCUT2D eigenvalue weighted by Gasteiger charge is -2.32. The van der Waals surface area contributed by atoms with Gasteiger partial charge in [0.25, 0.3) is 5.91 Å². The summed E-state index contributed by atoms with van der Waals surface area (Å²) in [6, 6.07) is 6.94. The van der Waals surface area contributed by atoms with E-state index in [1.54, 1.807) is 28.6 Å². The fourth-order valence-corrected chi connectivity index (χ4v) is 5.59. The van der Waals surface area contributed by atoms with E-state index in [1.165, 1.54) is 0 Å². The van der Waals surface area contributed by atoms with Gasteiger partial charge in [-0.15, -0.1) is 0 Å². The van der Waals surface area contributed by atoms with E-state index in [4.69, 9.17) is 0 Å². The Morgan fingerprint density at radius 3 is 2.27 bits per heavy atom. The highest BCUT2D eigenvalue weighted by Gasteiger charge is 2.31. The highest BCUT2D eigenvalue weighted by Crippen LogP contribution is 2.25. The minimum absolute atomic E-state index is 0.0187. The van der Waals surface area contributed by atoms with Gasteiger partial charge in [0.05, 0.1) is 4.90 Å². The zero-order chi connectivity index (χ0) is 18.7. The second-order valence-corrected chi connectivity index (χ2v) is 9.23. The zero-order valence-electron chi connectivity index (χ0n) is 15.6. The van der Waals surface area contributed by atoms with E-state index in [2.05, 4.69) is 5.32 Å². The van der Waals surface area contributed by atoms with Gasteiger partial charge in [-0.3, -0.25) is 4.79 Å². The maximum atomic E-state index is 12.9. The van der Waals surface area contributed by atoms with Crippen molar-refractivity contribution in [3.63, 3.8) is 0 Å². The van der Waals surface area contributed by atoms with Gasteiger partial charge < -0.3 is 10.2 Å². The monoisotopic (exact) mass is 379 g/mol. The molecule has 3 rings (SSSR count). The summed E-state index contributed by atoms with van der Waals surface area (Å²) in [5, 5.41) is 3.25. The third kappa shape index (κ3) is 3.94. The van der Waals surface area contributed by atoms with Crippen LogP contribution in [0.2, 0.25) is 0 Å². The number of nitrogens with one attached hydrogen (secondary N) is 1. The Morgan fingerprint density at radius 1 is 1.04 bits per heavy atom. The predicted molar refractivity (Wildman–Crippen MR) is 102 cm³/mol. The summed E-state index contributed by atoms with van der Waals surface area (Å²) < 4.78 is 27.3. The molecule has 2 aliphatic heterocycles. The molecule has 1 atom stereocenters. The molecule has 1 aromatic rings. The molecular weight excluding hydrogens is 350 g/mol. The Hall–Kier alpha value is -1.44. The number of likely N-dealkylation sites (tertiary alicyclic amines) is 1. The third-order valence-electron chi connectivity index (χ3n) is 5.64. The van der Waals surface area contributed by atoms with Crippen LogP contribution in [0.5, 0.6) is 0 Å². The molecule has 0 spiro atoms. The van der Waals surface area contributed by atoms with Gasteiger partial charge in [-0.25, -0.2) is 8.42 Å². The molecule has 0 aliphatic carbocycles. The van der Waals surface area contributed by atoms with Gasteiger partial charge in [-0.05, 0) is 63.9 Å². The lowest BCUT2D eigenvalue weighted by molar-refractivity contribution is 0.0707. The summed E-state index contributed by atoms with van der Waals surface area (Å²) in [5.74, 6) is -0.0187. The number of carbonyl (C=O) groups excluding carboxylic acids is 1. The number of nitrogens with zero attached hydrogens (tertiary/aromatic N) is 2. The molecule has 1 aromatic carbocycles. The van der Waals surface area contributed by atoms with Crippen molar-refractivity contribution < 1.29 is 13.2 Å². The van der Waals surface area contributed by atoms with Crippen LogP contribution in [0.15, 0.2) is 29.2 Å². The number of rotatable bonds is 4. The first kappa shape index (κ1) is 19.3. The molecule has 2 aliphatic rings. The van der Waals surface area contributed by atoms with Crippen molar-refractivity contribution in [3.8, 4) is 0 Å². The first-order valence-corrected chi connectivity index (χ1v) is 11.0. The summed E-state index contributed by atoms with van der Waals surface area (Å²) in [5.41, 5.74) is 0.554. The van der Waals surface area contributed by atoms with E-state index < -0.39 is 10.0 Å². The van der Waals surface area contributed by atoms with Crippen molar-refractivity contribution in [3.05, 3.63) is 29.8 Å². The average molecular weight is 380 g/mol. The molecule has 1 amide bonds. The number of amides is 1. The van der Waals surface area contributed by atoms with E-state index in [0.717, 1.165) is 45.2 Å². The highest BCUT2D eigenvalue weighted by molar-refractivity contribution is 7.89. The molecule has 0 bridgehead atoms. The predicted octanol–water partition coefficient (Wildman–Crippen LogP) is 2.07. The minimum Gasteiger partial charge on any atom is -0.339 e. The van der Waals surface area contributed by atoms with E-state index in [9.17, 15) is 13.2 Å². The SMILES string of the molecule is CNC1CCN(C(=O)c2ccc(S(=O)(=O)N3CCCCC3C)cc2)CC1. The lowest BCUT2D eigenvalue weighted by Crippen LogP contribution is -2.44. The van der Waals surface area contributed by atoms with Crippen LogP contribution in [0, 0.1) is 0 Å². The molecule has 1 N–H and O–H groups in total. The van der Waals surface area contributed by atoms with Crippen molar-refractivity contribution in [2.24, 2.45) is 0 Å². The Balaban J connectivity index is 1.71. The molecule has 0 radical (unpaired) electrons. The second kappa shape index (κ2) is 8.06. The fourth-order valence-electron chi connectivity index (χ4n) is 3.89. The standard InChI is InChI=1S/C19H29N3O3S/c1-15-5-3-4-12-22(15)26(24,25)18-8-6-16(7-9-18)19(23)21-13-10-17(20-2)11-14-21/h6-9,15,17,20H,3-5,10-14H2,1-2H3. The molecule has 6 nitrogen and oxygen atoms in total. The van der Waals surface area contributed by atoms with Crippen molar-refractivity contribution in [2.75, 3.05) is 26.7 Å². The molecule has 1 unspecified atom stereocenters. The van der Waals surface area contributed by atoms with Crippen molar-refractivity contribution in [1.29, 1.82) is 0 Å². The van der Waals surface area contributed by atoms with Crippen LogP contribution < -0.4 is 5.32 Å². The number of piperidine rings is 2. The molecule has 144 valence electrons. The normalized spacial score (nSPS) is 23.2. The fraction of sp³-hybridized carbons (Fsp3) is 0.632. The van der Waals surface area contributed by atoms with E-state index >= 15 is 0 Å². The number of benzene rings is 1. The van der Waals surface area contributed by atoms with Gasteiger partial charge in [-0.1, -0.05) is 6.42 Å². The van der Waals surface area contributed by atoms with Crippen LogP contribution in [0.1, 0.15) is 49.4 Å². The lowest BCUT2D eigenvalue weighted by atomic mass is 10.0. The van der Waals surface area contributed by atoms with Gasteiger partial charge in [0.1, 0.15) is 0 Å². The molecule has 0 aromatic heterocycles. The maximum Gasteiger partial charge on any atom is 0.253 e. The van der Waals surface area contributed by atoms with Crippen LogP contribution in [-0.4, -0.2) is 62.3 Å². The summed E-state index contributed by atoms with van der Waals surface area (Å²) >= 11 is 0. The third-order valence-corrected chi connectivity index (χ3v) is 7.67. The first-order chi connectivity index (χ1) is 12.4. The number of hydrogen-bond acceptors (Lipinski definition) is 4. The second-order valence-electron chi connectivity index (χ2n) is 7.34. The van der Waals surface area contributed by atoms with E-state index in [-0.39, 0.29) is 16.8 Å². The molecule has 2 fully saturated rings. The number of sulfonamides is 1. The summed E-state index contributed by atoms with van der Waals surface area (Å²) in [4.78, 5) is 14.8. The number of carbonyl (C=O) groups is 1. The molecular formula is C19H29N3O3S. The van der Waals surface area contributed by atoms with Gasteiger partial charge in [0.2, 0.25) is 10.0 Å². The largest absolute Gasteiger partial charge is 0.339 e. The molecule has 26 heavy (non-hydrogen) atoms. The van der Waals surface area contributed by atoms with E-state index in [0.29, 0.717) is 18.2 Å². The number of hydrogen-bond donors (Lipinski definition) is 1. The average Bonchev–Trinajstić information content (AvgIpc) is 2.68. The van der Waals surface area contributed by atoms with Gasteiger partial charge in [0, 0.05) is 37.3 Å². The van der Waals surface area contributed by atoms with Crippen LogP contribution >= 0.6 is 0 Å². The Kier molecular flexibility index (Phi) is 5.99. The molecule has 0 saturated carbocycles. The Morgan fingerprint density at radius 2 is 1.69 bits per heavy atom. The van der Waals surface area contributed by atoms with Gasteiger partial charge in [0.15, 0.2) is 0 Å². The maximum absolute atomic E-state index is 12.9. The van der Waals surface area contributed by atoms with Crippen molar-refractivity contribution in [1.82, 2.24) is 14.5 Å². The van der Waals surface area contributed by atoms with Crippen molar-refractivity contribution in [2.45, 2.75) is 56.0 Å². The summed E-state index contributed by atoms with van der Waals surface area (Å²) in [7, 11) is -1.54. The molecule has 2 saturated heterocycles. The van der Waals surface area contributed by atoms with Gasteiger partial charge >= 0.3 is 0 Å². The van der Waals surface area contributed by atoms with Crippen LogP contribution in [-0.2, 0) is 10.0 Å². The van der Waals surface area contributed by atoms with Gasteiger partial charge in [-0.2, -0.15) is 4.31 Å². The summed E-state index contributed by atoms with van der Waals surface area (Å²) in [6.45, 7) is 4.00. The quantitative estimate of drug-likeness (QED) is 0.870. The van der Waals surface area contributed by atoms with E-state index in [1.807, 2.05) is 18.9 Å². The topological polar surface area (TPSA) is 69.7 Å². The zero-order valence-corrected chi connectivity index (χ0v) is 16.5. The Labute approximate surface area is 156 Å². The molecule has 7 heteroatoms. The smallest absolute Gasteiger partial charge is 0.253 e. The van der Waals surface area contributed by atoms with Crippen LogP contribution in [0.25, 0.3) is 0 Å². The minimum atomic E-state index is -3.49. The first-order valence-electron chi connectivity index (χ1n) is 9.52. The van der Waals surface area contributed by atoms with Crippen LogP contribution in [0.4, 0.5) is 0 Å². The van der Waals surface area contributed by atoms with Crippen LogP contribution in [0.3, 0.4) is 0 Å². The van der Waals surface area contributed by atoms with Crippen molar-refractivity contribution >= 4 is 15.9 Å². The Bertz CT molecular complexity index is 725. The molecule has 2 heterocycles.